The topological polar surface area (TPSA) is 44.2 Å². The van der Waals surface area contributed by atoms with E-state index in [1.165, 1.54) is 13.3 Å². The van der Waals surface area contributed by atoms with E-state index < -0.39 is 0 Å². The van der Waals surface area contributed by atoms with E-state index in [1.54, 1.807) is 0 Å². The third kappa shape index (κ3) is 1.98. The molecule has 5 heteroatoms. The standard InChI is InChI=1S/C7H9ClN2O2/c1-3-12-7-6(8)10-5(11-2)4-9-7/h4H,3H2,1-2H3. The van der Waals surface area contributed by atoms with Crippen molar-refractivity contribution >= 4 is 11.6 Å². The Labute approximate surface area is 75.5 Å². The first-order valence-electron chi connectivity index (χ1n) is 3.47. The van der Waals surface area contributed by atoms with Crippen molar-refractivity contribution in [3.63, 3.8) is 0 Å². The minimum Gasteiger partial charge on any atom is -0.480 e. The van der Waals surface area contributed by atoms with Gasteiger partial charge < -0.3 is 9.47 Å². The lowest BCUT2D eigenvalue weighted by molar-refractivity contribution is 0.321. The fourth-order valence-corrected chi connectivity index (χ4v) is 0.859. The van der Waals surface area contributed by atoms with Gasteiger partial charge in [-0.15, -0.1) is 0 Å². The summed E-state index contributed by atoms with van der Waals surface area (Å²) in [5, 5.41) is 0.219. The van der Waals surface area contributed by atoms with Gasteiger partial charge in [0, 0.05) is 0 Å². The quantitative estimate of drug-likeness (QED) is 0.722. The molecule has 66 valence electrons. The number of ether oxygens (including phenoxy) is 2. The molecule has 0 unspecified atom stereocenters. The van der Waals surface area contributed by atoms with Crippen molar-refractivity contribution in [1.29, 1.82) is 0 Å². The van der Waals surface area contributed by atoms with Crippen LogP contribution >= 0.6 is 11.6 Å². The van der Waals surface area contributed by atoms with E-state index in [9.17, 15) is 0 Å². The highest BCUT2D eigenvalue weighted by molar-refractivity contribution is 6.30. The molecule has 0 aromatic carbocycles. The van der Waals surface area contributed by atoms with Gasteiger partial charge in [0.05, 0.1) is 19.9 Å². The Kier molecular flexibility index (Phi) is 3.10. The van der Waals surface area contributed by atoms with E-state index in [-0.39, 0.29) is 5.15 Å². The van der Waals surface area contributed by atoms with E-state index >= 15 is 0 Å². The van der Waals surface area contributed by atoms with Crippen LogP contribution in [0.5, 0.6) is 11.8 Å². The molecule has 0 atom stereocenters. The van der Waals surface area contributed by atoms with Crippen molar-refractivity contribution in [3.05, 3.63) is 11.3 Å². The molecule has 0 amide bonds. The van der Waals surface area contributed by atoms with Gasteiger partial charge in [-0.25, -0.2) is 4.98 Å². The average Bonchev–Trinajstić information content (AvgIpc) is 2.09. The number of hydrogen-bond donors (Lipinski definition) is 0. The van der Waals surface area contributed by atoms with Gasteiger partial charge in [0.25, 0.3) is 5.88 Å². The van der Waals surface area contributed by atoms with Crippen LogP contribution in [0.1, 0.15) is 6.92 Å². The number of methoxy groups -OCH3 is 1. The number of rotatable bonds is 3. The zero-order valence-electron chi connectivity index (χ0n) is 6.87. The van der Waals surface area contributed by atoms with Crippen molar-refractivity contribution in [2.75, 3.05) is 13.7 Å². The van der Waals surface area contributed by atoms with Gasteiger partial charge in [0.1, 0.15) is 0 Å². The van der Waals surface area contributed by atoms with Gasteiger partial charge in [-0.3, -0.25) is 0 Å². The highest BCUT2D eigenvalue weighted by atomic mass is 35.5. The molecule has 0 aliphatic heterocycles. The summed E-state index contributed by atoms with van der Waals surface area (Å²) in [6, 6.07) is 0. The average molecular weight is 189 g/mol. The fraction of sp³-hybridized carbons (Fsp3) is 0.429. The summed E-state index contributed by atoms with van der Waals surface area (Å²) in [6.07, 6.45) is 1.46. The van der Waals surface area contributed by atoms with Crippen LogP contribution in [0.25, 0.3) is 0 Å². The summed E-state index contributed by atoms with van der Waals surface area (Å²) >= 11 is 5.71. The SMILES string of the molecule is CCOc1ncc(OC)nc1Cl. The van der Waals surface area contributed by atoms with Crippen molar-refractivity contribution in [2.24, 2.45) is 0 Å². The van der Waals surface area contributed by atoms with Crippen LogP contribution in [0.3, 0.4) is 0 Å². The summed E-state index contributed by atoms with van der Waals surface area (Å²) in [7, 11) is 1.50. The summed E-state index contributed by atoms with van der Waals surface area (Å²) < 4.78 is 9.89. The van der Waals surface area contributed by atoms with Crippen LogP contribution in [0.4, 0.5) is 0 Å². The first kappa shape index (κ1) is 9.06. The molecule has 0 spiro atoms. The minimum atomic E-state index is 0.219. The molecule has 12 heavy (non-hydrogen) atoms. The van der Waals surface area contributed by atoms with E-state index in [0.717, 1.165) is 0 Å². The van der Waals surface area contributed by atoms with E-state index in [1.807, 2.05) is 6.92 Å². The van der Waals surface area contributed by atoms with Crippen molar-refractivity contribution < 1.29 is 9.47 Å². The molecule has 1 heterocycles. The molecule has 0 bridgehead atoms. The van der Waals surface area contributed by atoms with Crippen molar-refractivity contribution in [1.82, 2.24) is 9.97 Å². The van der Waals surface area contributed by atoms with Crippen LogP contribution in [-0.4, -0.2) is 23.7 Å². The molecule has 0 N–H and O–H groups in total. The second kappa shape index (κ2) is 4.11. The van der Waals surface area contributed by atoms with Crippen LogP contribution in [0.2, 0.25) is 5.15 Å². The molecule has 0 aliphatic rings. The molecule has 0 saturated carbocycles. The van der Waals surface area contributed by atoms with E-state index in [0.29, 0.717) is 18.4 Å². The Hall–Kier alpha value is -1.03. The van der Waals surface area contributed by atoms with Crippen molar-refractivity contribution in [2.45, 2.75) is 6.92 Å². The lowest BCUT2D eigenvalue weighted by atomic mass is 10.7. The maximum atomic E-state index is 5.71. The molecule has 4 nitrogen and oxygen atoms in total. The Morgan fingerprint density at radius 3 is 2.83 bits per heavy atom. The number of nitrogens with zero attached hydrogens (tertiary/aromatic N) is 2. The maximum absolute atomic E-state index is 5.71. The molecular weight excluding hydrogens is 180 g/mol. The first-order valence-corrected chi connectivity index (χ1v) is 3.85. The molecule has 0 saturated heterocycles. The van der Waals surface area contributed by atoms with Crippen LogP contribution in [0.15, 0.2) is 6.20 Å². The smallest absolute Gasteiger partial charge is 0.252 e. The Morgan fingerprint density at radius 1 is 1.58 bits per heavy atom. The lowest BCUT2D eigenvalue weighted by Crippen LogP contribution is -1.97. The molecule has 1 aromatic heterocycles. The molecule has 1 aromatic rings. The molecular formula is C7H9ClN2O2. The second-order valence-electron chi connectivity index (χ2n) is 1.94. The monoisotopic (exact) mass is 188 g/mol. The number of aromatic nitrogens is 2. The van der Waals surface area contributed by atoms with E-state index in [2.05, 4.69) is 9.97 Å². The summed E-state index contributed by atoms with van der Waals surface area (Å²) in [6.45, 7) is 2.36. The Bertz CT molecular complexity index is 268. The molecule has 0 fully saturated rings. The molecule has 1 rings (SSSR count). The van der Waals surface area contributed by atoms with Crippen LogP contribution in [0, 0.1) is 0 Å². The van der Waals surface area contributed by atoms with Gasteiger partial charge >= 0.3 is 0 Å². The normalized spacial score (nSPS) is 9.58. The Morgan fingerprint density at radius 2 is 2.33 bits per heavy atom. The van der Waals surface area contributed by atoms with Gasteiger partial charge in [-0.1, -0.05) is 11.6 Å². The lowest BCUT2D eigenvalue weighted by Gasteiger charge is -2.03. The highest BCUT2D eigenvalue weighted by Gasteiger charge is 2.05. The minimum absolute atomic E-state index is 0.219. The van der Waals surface area contributed by atoms with E-state index in [4.69, 9.17) is 21.1 Å². The third-order valence-corrected chi connectivity index (χ3v) is 1.41. The number of halogens is 1. The Balaban J connectivity index is 2.87. The second-order valence-corrected chi connectivity index (χ2v) is 2.30. The van der Waals surface area contributed by atoms with Crippen molar-refractivity contribution in [3.8, 4) is 11.8 Å². The number of hydrogen-bond acceptors (Lipinski definition) is 4. The summed E-state index contributed by atoms with van der Waals surface area (Å²) in [4.78, 5) is 7.76. The third-order valence-electron chi connectivity index (χ3n) is 1.17. The van der Waals surface area contributed by atoms with Gasteiger partial charge in [0.15, 0.2) is 5.15 Å². The van der Waals surface area contributed by atoms with Crippen LogP contribution in [-0.2, 0) is 0 Å². The van der Waals surface area contributed by atoms with Gasteiger partial charge in [0.2, 0.25) is 5.88 Å². The zero-order chi connectivity index (χ0) is 8.97. The maximum Gasteiger partial charge on any atom is 0.252 e. The highest BCUT2D eigenvalue weighted by Crippen LogP contribution is 2.20. The summed E-state index contributed by atoms with van der Waals surface area (Å²) in [5.41, 5.74) is 0. The molecule has 0 aliphatic carbocycles. The van der Waals surface area contributed by atoms with Gasteiger partial charge in [-0.05, 0) is 6.92 Å². The summed E-state index contributed by atoms with van der Waals surface area (Å²) in [5.74, 6) is 0.711. The largest absolute Gasteiger partial charge is 0.480 e. The first-order chi connectivity index (χ1) is 5.77. The molecule has 0 radical (unpaired) electrons. The van der Waals surface area contributed by atoms with Crippen LogP contribution < -0.4 is 9.47 Å². The predicted octanol–water partition coefficient (Wildman–Crippen LogP) is 1.54. The van der Waals surface area contributed by atoms with Gasteiger partial charge in [-0.2, -0.15) is 4.98 Å². The fourth-order valence-electron chi connectivity index (χ4n) is 0.672. The predicted molar refractivity (Wildman–Crippen MR) is 44.8 cm³/mol. The zero-order valence-corrected chi connectivity index (χ0v) is 7.63.